The molecule has 0 unspecified atom stereocenters. The number of halogens is 1. The van der Waals surface area contributed by atoms with Crippen LogP contribution in [0.2, 0.25) is 0 Å². The molecule has 2 heterocycles. The molecule has 2 aromatic carbocycles. The summed E-state index contributed by atoms with van der Waals surface area (Å²) in [5.74, 6) is 0.894. The van der Waals surface area contributed by atoms with Gasteiger partial charge in [0.15, 0.2) is 0 Å². The Hall–Kier alpha value is -2.40. The van der Waals surface area contributed by atoms with Crippen molar-refractivity contribution in [2.45, 2.75) is 60.2 Å². The van der Waals surface area contributed by atoms with Crippen LogP contribution in [0.1, 0.15) is 41.7 Å². The molecule has 1 N–H and O–H groups in total. The number of aryl methyl sites for hydroxylation is 4. The molecule has 0 spiro atoms. The first-order valence-electron chi connectivity index (χ1n) is 10.5. The molecule has 3 aromatic rings. The number of nitrogens with zero attached hydrogens (tertiary/aromatic N) is 3. The van der Waals surface area contributed by atoms with Gasteiger partial charge in [0.25, 0.3) is 0 Å². The molecular weight excluding hydrogens is 363 g/mol. The number of nitrogens with one attached hydrogen (secondary N) is 1. The van der Waals surface area contributed by atoms with Crippen molar-refractivity contribution in [2.24, 2.45) is 0 Å². The summed E-state index contributed by atoms with van der Waals surface area (Å²) in [7, 11) is 0. The number of benzene rings is 2. The molecule has 4 nitrogen and oxygen atoms in total. The molecule has 0 amide bonds. The number of aromatic nitrogens is 2. The van der Waals surface area contributed by atoms with Gasteiger partial charge in [-0.15, -0.1) is 0 Å². The molecule has 1 aliphatic rings. The summed E-state index contributed by atoms with van der Waals surface area (Å²) in [5, 5.41) is 3.60. The zero-order valence-corrected chi connectivity index (χ0v) is 18.3. The van der Waals surface area contributed by atoms with Crippen molar-refractivity contribution in [3.8, 4) is 0 Å². The number of hydrogen-bond donors (Lipinski definition) is 1. The average molecular weight is 395 g/mol. The van der Waals surface area contributed by atoms with Gasteiger partial charge in [-0.25, -0.2) is 9.37 Å². The maximum absolute atomic E-state index is 14.2. The SMILES string of the molecule is Cc1cc2nc(N3C[C@@H](C)N[C@@H](C)C3)n(Cc3cc(C)c(F)c(C)c3)c2cc1C. The minimum atomic E-state index is -0.110. The van der Waals surface area contributed by atoms with E-state index in [9.17, 15) is 4.39 Å². The maximum Gasteiger partial charge on any atom is 0.206 e. The zero-order valence-electron chi connectivity index (χ0n) is 18.3. The van der Waals surface area contributed by atoms with Crippen molar-refractivity contribution in [1.82, 2.24) is 14.9 Å². The van der Waals surface area contributed by atoms with Crippen molar-refractivity contribution in [3.63, 3.8) is 0 Å². The highest BCUT2D eigenvalue weighted by atomic mass is 19.1. The van der Waals surface area contributed by atoms with Gasteiger partial charge in [-0.05, 0) is 81.5 Å². The van der Waals surface area contributed by atoms with Crippen LogP contribution in [0, 0.1) is 33.5 Å². The maximum atomic E-state index is 14.2. The lowest BCUT2D eigenvalue weighted by atomic mass is 10.1. The molecule has 4 rings (SSSR count). The van der Waals surface area contributed by atoms with Crippen LogP contribution in [-0.4, -0.2) is 34.7 Å². The van der Waals surface area contributed by atoms with Gasteiger partial charge in [-0.3, -0.25) is 0 Å². The summed E-state index contributed by atoms with van der Waals surface area (Å²) < 4.78 is 16.5. The van der Waals surface area contributed by atoms with E-state index in [0.717, 1.165) is 35.6 Å². The van der Waals surface area contributed by atoms with E-state index in [1.807, 2.05) is 26.0 Å². The van der Waals surface area contributed by atoms with Crippen molar-refractivity contribution < 1.29 is 4.39 Å². The number of fused-ring (bicyclic) bond motifs is 1. The van der Waals surface area contributed by atoms with Crippen molar-refractivity contribution in [3.05, 3.63) is 57.9 Å². The Kier molecular flexibility index (Phi) is 5.11. The number of hydrogen-bond acceptors (Lipinski definition) is 3. The molecule has 154 valence electrons. The zero-order chi connectivity index (χ0) is 20.9. The van der Waals surface area contributed by atoms with E-state index in [-0.39, 0.29) is 5.82 Å². The summed E-state index contributed by atoms with van der Waals surface area (Å²) in [6.45, 7) is 14.9. The van der Waals surface area contributed by atoms with Crippen LogP contribution >= 0.6 is 0 Å². The normalized spacial score (nSPS) is 19.9. The Labute approximate surface area is 172 Å². The Morgan fingerprint density at radius 3 is 2.14 bits per heavy atom. The summed E-state index contributed by atoms with van der Waals surface area (Å²) in [5.41, 5.74) is 7.18. The molecule has 29 heavy (non-hydrogen) atoms. The molecule has 0 aliphatic carbocycles. The van der Waals surface area contributed by atoms with Crippen LogP contribution < -0.4 is 10.2 Å². The van der Waals surface area contributed by atoms with E-state index in [0.29, 0.717) is 29.8 Å². The first-order chi connectivity index (χ1) is 13.7. The van der Waals surface area contributed by atoms with Crippen molar-refractivity contribution in [2.75, 3.05) is 18.0 Å². The third kappa shape index (κ3) is 3.76. The molecule has 1 aromatic heterocycles. The third-order valence-electron chi connectivity index (χ3n) is 6.02. The summed E-state index contributed by atoms with van der Waals surface area (Å²) in [4.78, 5) is 7.44. The smallest absolute Gasteiger partial charge is 0.206 e. The van der Waals surface area contributed by atoms with Gasteiger partial charge in [0, 0.05) is 25.2 Å². The van der Waals surface area contributed by atoms with Gasteiger partial charge in [0.05, 0.1) is 17.6 Å². The third-order valence-corrected chi connectivity index (χ3v) is 6.02. The first-order valence-corrected chi connectivity index (χ1v) is 10.5. The van der Waals surface area contributed by atoms with Crippen molar-refractivity contribution in [1.29, 1.82) is 0 Å². The van der Waals surface area contributed by atoms with Crippen LogP contribution in [0.25, 0.3) is 11.0 Å². The lowest BCUT2D eigenvalue weighted by Gasteiger charge is -2.37. The topological polar surface area (TPSA) is 33.1 Å². The molecule has 1 fully saturated rings. The number of piperazine rings is 1. The Morgan fingerprint density at radius 1 is 0.931 bits per heavy atom. The molecule has 2 atom stereocenters. The summed E-state index contributed by atoms with van der Waals surface area (Å²) in [6.07, 6.45) is 0. The molecule has 5 heteroatoms. The molecule has 0 bridgehead atoms. The fraction of sp³-hybridized carbons (Fsp3) is 0.458. The first kappa shape index (κ1) is 19.9. The Morgan fingerprint density at radius 2 is 1.52 bits per heavy atom. The highest BCUT2D eigenvalue weighted by Crippen LogP contribution is 2.28. The van der Waals surface area contributed by atoms with Gasteiger partial charge in [-0.2, -0.15) is 0 Å². The fourth-order valence-electron chi connectivity index (χ4n) is 4.56. The van der Waals surface area contributed by atoms with Crippen LogP contribution in [0.5, 0.6) is 0 Å². The predicted molar refractivity (Wildman–Crippen MR) is 118 cm³/mol. The quantitative estimate of drug-likeness (QED) is 0.702. The van der Waals surface area contributed by atoms with Gasteiger partial charge >= 0.3 is 0 Å². The lowest BCUT2D eigenvalue weighted by molar-refractivity contribution is 0.401. The average Bonchev–Trinajstić information content (AvgIpc) is 2.97. The highest BCUT2D eigenvalue weighted by molar-refractivity contribution is 5.81. The second-order valence-electron chi connectivity index (χ2n) is 8.84. The second-order valence-corrected chi connectivity index (χ2v) is 8.84. The number of anilines is 1. The van der Waals surface area contributed by atoms with Crippen LogP contribution in [0.4, 0.5) is 10.3 Å². The van der Waals surface area contributed by atoms with Gasteiger partial charge < -0.3 is 14.8 Å². The van der Waals surface area contributed by atoms with Crippen molar-refractivity contribution >= 4 is 17.0 Å². The van der Waals surface area contributed by atoms with Gasteiger partial charge in [-0.1, -0.05) is 12.1 Å². The van der Waals surface area contributed by atoms with E-state index < -0.39 is 0 Å². The largest absolute Gasteiger partial charge is 0.339 e. The molecular formula is C24H31FN4. The summed E-state index contributed by atoms with van der Waals surface area (Å²) in [6, 6.07) is 9.15. The fourth-order valence-corrected chi connectivity index (χ4v) is 4.56. The highest BCUT2D eigenvalue weighted by Gasteiger charge is 2.26. The molecule has 0 radical (unpaired) electrons. The summed E-state index contributed by atoms with van der Waals surface area (Å²) >= 11 is 0. The molecule has 1 aliphatic heterocycles. The second kappa shape index (κ2) is 7.45. The van der Waals surface area contributed by atoms with E-state index in [4.69, 9.17) is 4.98 Å². The van der Waals surface area contributed by atoms with Gasteiger partial charge in [0.1, 0.15) is 5.82 Å². The van der Waals surface area contributed by atoms with Crippen LogP contribution in [0.3, 0.4) is 0 Å². The van der Waals surface area contributed by atoms with Gasteiger partial charge in [0.2, 0.25) is 5.95 Å². The van der Waals surface area contributed by atoms with E-state index in [1.165, 1.54) is 11.1 Å². The lowest BCUT2D eigenvalue weighted by Crippen LogP contribution is -2.55. The minimum Gasteiger partial charge on any atom is -0.339 e. The minimum absolute atomic E-state index is 0.110. The van der Waals surface area contributed by atoms with Crippen LogP contribution in [-0.2, 0) is 6.54 Å². The number of imidazole rings is 1. The molecule has 1 saturated heterocycles. The predicted octanol–water partition coefficient (Wildman–Crippen LogP) is 4.64. The number of rotatable bonds is 3. The monoisotopic (exact) mass is 394 g/mol. The van der Waals surface area contributed by atoms with E-state index in [2.05, 4.69) is 54.6 Å². The Balaban J connectivity index is 1.85. The van der Waals surface area contributed by atoms with E-state index in [1.54, 1.807) is 0 Å². The Bertz CT molecular complexity index is 1040. The van der Waals surface area contributed by atoms with Crippen LogP contribution in [0.15, 0.2) is 24.3 Å². The van der Waals surface area contributed by atoms with E-state index >= 15 is 0 Å². The molecule has 0 saturated carbocycles. The standard InChI is InChI=1S/C24H31FN4/c1-14-9-21-22(10-15(14)2)29(13-20-7-16(3)23(25)17(4)8-20)24(27-21)28-11-18(5)26-19(6)12-28/h7-10,18-19,26H,11-13H2,1-6H3/t18-,19+.